The van der Waals surface area contributed by atoms with Gasteiger partial charge in [-0.3, -0.25) is 4.79 Å². The van der Waals surface area contributed by atoms with Gasteiger partial charge in [-0.15, -0.1) is 10.2 Å². The summed E-state index contributed by atoms with van der Waals surface area (Å²) in [5.74, 6) is 1.06. The minimum atomic E-state index is -0.193. The highest BCUT2D eigenvalue weighted by Gasteiger charge is 2.21. The van der Waals surface area contributed by atoms with Crippen LogP contribution in [0.15, 0.2) is 52.9 Å². The highest BCUT2D eigenvalue weighted by molar-refractivity contribution is 6.30. The maximum absolute atomic E-state index is 12.6. The van der Waals surface area contributed by atoms with Crippen LogP contribution in [0.5, 0.6) is 5.75 Å². The first-order valence-electron chi connectivity index (χ1n) is 8.68. The number of nitrogens with zero attached hydrogens (tertiary/aromatic N) is 3. The van der Waals surface area contributed by atoms with Crippen LogP contribution in [0.1, 0.15) is 19.7 Å². The Morgan fingerprint density at radius 2 is 1.86 bits per heavy atom. The van der Waals surface area contributed by atoms with E-state index in [4.69, 9.17) is 32.4 Å². The highest BCUT2D eigenvalue weighted by atomic mass is 35.5. The van der Waals surface area contributed by atoms with Gasteiger partial charge in [-0.1, -0.05) is 29.3 Å². The molecule has 1 heterocycles. The molecule has 8 heteroatoms. The summed E-state index contributed by atoms with van der Waals surface area (Å²) in [6.45, 7) is 3.90. The number of aromatic nitrogens is 2. The zero-order chi connectivity index (χ0) is 20.1. The largest absolute Gasteiger partial charge is 0.484 e. The van der Waals surface area contributed by atoms with Gasteiger partial charge in [-0.05, 0) is 56.3 Å². The van der Waals surface area contributed by atoms with Crippen LogP contribution in [0.2, 0.25) is 10.0 Å². The summed E-state index contributed by atoms with van der Waals surface area (Å²) in [5, 5.41) is 9.27. The molecule has 0 saturated carbocycles. The van der Waals surface area contributed by atoms with E-state index in [1.807, 2.05) is 13.8 Å². The van der Waals surface area contributed by atoms with E-state index < -0.39 is 0 Å². The second-order valence-corrected chi connectivity index (χ2v) is 7.24. The molecule has 0 atom stereocenters. The Morgan fingerprint density at radius 1 is 1.11 bits per heavy atom. The summed E-state index contributed by atoms with van der Waals surface area (Å²) in [6.07, 6.45) is 0. The van der Waals surface area contributed by atoms with Crippen LogP contribution in [-0.4, -0.2) is 33.7 Å². The standard InChI is InChI=1S/C20H19Cl2N3O3/c1-13(2)25(19(26)12-27-17-5-3-4-16(22)10-17)11-18-23-24-20(28-18)14-6-8-15(21)9-7-14/h3-10,13H,11-12H2,1-2H3. The summed E-state index contributed by atoms with van der Waals surface area (Å²) in [6, 6.07) is 13.9. The maximum Gasteiger partial charge on any atom is 0.261 e. The number of benzene rings is 2. The number of carbonyl (C=O) groups excluding carboxylic acids is 1. The Morgan fingerprint density at radius 3 is 2.54 bits per heavy atom. The normalized spacial score (nSPS) is 10.9. The molecule has 3 aromatic rings. The minimum absolute atomic E-state index is 0.0682. The smallest absolute Gasteiger partial charge is 0.261 e. The third-order valence-corrected chi connectivity index (χ3v) is 4.45. The molecule has 0 fully saturated rings. The molecule has 0 saturated heterocycles. The molecule has 0 unspecified atom stereocenters. The molecule has 0 bridgehead atoms. The number of amides is 1. The van der Waals surface area contributed by atoms with Crippen molar-refractivity contribution in [2.24, 2.45) is 0 Å². The zero-order valence-electron chi connectivity index (χ0n) is 15.4. The molecule has 0 aliphatic heterocycles. The Labute approximate surface area is 173 Å². The quantitative estimate of drug-likeness (QED) is 0.546. The molecule has 0 radical (unpaired) electrons. The SMILES string of the molecule is CC(C)N(Cc1nnc(-c2ccc(Cl)cc2)o1)C(=O)COc1cccc(Cl)c1. The van der Waals surface area contributed by atoms with Gasteiger partial charge in [-0.2, -0.15) is 0 Å². The van der Waals surface area contributed by atoms with Crippen molar-refractivity contribution in [2.75, 3.05) is 6.61 Å². The van der Waals surface area contributed by atoms with Crippen molar-refractivity contribution in [1.82, 2.24) is 15.1 Å². The van der Waals surface area contributed by atoms with Crippen LogP contribution >= 0.6 is 23.2 Å². The lowest BCUT2D eigenvalue weighted by molar-refractivity contribution is -0.136. The minimum Gasteiger partial charge on any atom is -0.484 e. The van der Waals surface area contributed by atoms with Crippen molar-refractivity contribution < 1.29 is 13.9 Å². The second kappa shape index (κ2) is 9.08. The predicted molar refractivity (Wildman–Crippen MR) is 107 cm³/mol. The van der Waals surface area contributed by atoms with Crippen LogP contribution in [-0.2, 0) is 11.3 Å². The lowest BCUT2D eigenvalue weighted by Gasteiger charge is -2.25. The number of ether oxygens (including phenoxy) is 1. The van der Waals surface area contributed by atoms with E-state index in [1.54, 1.807) is 53.4 Å². The average molecular weight is 420 g/mol. The van der Waals surface area contributed by atoms with E-state index in [9.17, 15) is 4.79 Å². The molecule has 3 rings (SSSR count). The van der Waals surface area contributed by atoms with Crippen molar-refractivity contribution in [2.45, 2.75) is 26.4 Å². The van der Waals surface area contributed by atoms with Crippen LogP contribution in [0.25, 0.3) is 11.5 Å². The Bertz CT molecular complexity index is 942. The van der Waals surface area contributed by atoms with Gasteiger partial charge in [0.25, 0.3) is 5.91 Å². The summed E-state index contributed by atoms with van der Waals surface area (Å²) in [4.78, 5) is 14.2. The third-order valence-electron chi connectivity index (χ3n) is 3.97. The van der Waals surface area contributed by atoms with E-state index in [-0.39, 0.29) is 25.1 Å². The average Bonchev–Trinajstić information content (AvgIpc) is 3.13. The van der Waals surface area contributed by atoms with Gasteiger partial charge < -0.3 is 14.1 Å². The lowest BCUT2D eigenvalue weighted by atomic mass is 10.2. The van der Waals surface area contributed by atoms with Crippen LogP contribution < -0.4 is 4.74 Å². The zero-order valence-corrected chi connectivity index (χ0v) is 16.9. The summed E-state index contributed by atoms with van der Waals surface area (Å²) >= 11 is 11.8. The molecule has 2 aromatic carbocycles. The van der Waals surface area contributed by atoms with Gasteiger partial charge in [-0.25, -0.2) is 0 Å². The van der Waals surface area contributed by atoms with Crippen molar-refractivity contribution in [3.05, 3.63) is 64.5 Å². The van der Waals surface area contributed by atoms with E-state index in [0.717, 1.165) is 5.56 Å². The van der Waals surface area contributed by atoms with Gasteiger partial charge in [0.05, 0.1) is 6.54 Å². The number of carbonyl (C=O) groups is 1. The fourth-order valence-corrected chi connectivity index (χ4v) is 2.82. The van der Waals surface area contributed by atoms with E-state index in [2.05, 4.69) is 10.2 Å². The Hall–Kier alpha value is -2.57. The van der Waals surface area contributed by atoms with E-state index in [0.29, 0.717) is 27.6 Å². The monoisotopic (exact) mass is 419 g/mol. The van der Waals surface area contributed by atoms with Gasteiger partial charge in [0.1, 0.15) is 5.75 Å². The molecule has 0 spiro atoms. The maximum atomic E-state index is 12.6. The topological polar surface area (TPSA) is 68.5 Å². The molecule has 0 N–H and O–H groups in total. The Balaban J connectivity index is 1.65. The number of halogens is 2. The summed E-state index contributed by atoms with van der Waals surface area (Å²) in [5.41, 5.74) is 0.759. The van der Waals surface area contributed by atoms with Crippen molar-refractivity contribution in [1.29, 1.82) is 0 Å². The molecule has 0 aliphatic rings. The van der Waals surface area contributed by atoms with Crippen molar-refractivity contribution in [3.63, 3.8) is 0 Å². The number of hydrogen-bond acceptors (Lipinski definition) is 5. The molecular formula is C20H19Cl2N3O3. The molecule has 28 heavy (non-hydrogen) atoms. The van der Waals surface area contributed by atoms with Gasteiger partial charge >= 0.3 is 0 Å². The molecule has 146 valence electrons. The fourth-order valence-electron chi connectivity index (χ4n) is 2.52. The first-order valence-corrected chi connectivity index (χ1v) is 9.44. The van der Waals surface area contributed by atoms with E-state index >= 15 is 0 Å². The Kier molecular flexibility index (Phi) is 6.54. The van der Waals surface area contributed by atoms with Crippen LogP contribution in [0.4, 0.5) is 0 Å². The predicted octanol–water partition coefficient (Wildman–Crippen LogP) is 4.86. The number of hydrogen-bond donors (Lipinski definition) is 0. The molecule has 0 aliphatic carbocycles. The van der Waals surface area contributed by atoms with Gasteiger partial charge in [0.2, 0.25) is 11.8 Å². The molecular weight excluding hydrogens is 401 g/mol. The summed E-state index contributed by atoms with van der Waals surface area (Å²) in [7, 11) is 0. The molecule has 6 nitrogen and oxygen atoms in total. The lowest BCUT2D eigenvalue weighted by Crippen LogP contribution is -2.39. The first-order chi connectivity index (χ1) is 13.4. The molecule has 1 amide bonds. The van der Waals surface area contributed by atoms with Gasteiger partial charge in [0, 0.05) is 21.7 Å². The summed E-state index contributed by atoms with van der Waals surface area (Å²) < 4.78 is 11.2. The van der Waals surface area contributed by atoms with Crippen molar-refractivity contribution >= 4 is 29.1 Å². The van der Waals surface area contributed by atoms with Crippen LogP contribution in [0.3, 0.4) is 0 Å². The van der Waals surface area contributed by atoms with Gasteiger partial charge in [0.15, 0.2) is 6.61 Å². The second-order valence-electron chi connectivity index (χ2n) is 6.37. The third kappa shape index (κ3) is 5.24. The fraction of sp³-hybridized carbons (Fsp3) is 0.250. The number of rotatable bonds is 7. The first kappa shape index (κ1) is 20.2. The highest BCUT2D eigenvalue weighted by Crippen LogP contribution is 2.21. The van der Waals surface area contributed by atoms with Crippen LogP contribution in [0, 0.1) is 0 Å². The molecule has 1 aromatic heterocycles. The van der Waals surface area contributed by atoms with E-state index in [1.165, 1.54) is 0 Å². The van der Waals surface area contributed by atoms with Crippen molar-refractivity contribution in [3.8, 4) is 17.2 Å².